The molecule has 0 radical (unpaired) electrons. The molecule has 0 rings (SSSR count). The van der Waals surface area contributed by atoms with Crippen LogP contribution in [0, 0.1) is 5.92 Å². The average molecular weight is 1370 g/mol. The Morgan fingerprint density at radius 2 is 0.516 bits per heavy atom. The molecule has 0 saturated carbocycles. The highest BCUT2D eigenvalue weighted by Crippen LogP contribution is 2.45. The van der Waals surface area contributed by atoms with Gasteiger partial charge in [0.2, 0.25) is 0 Å². The number of hydrogen-bond acceptors (Lipinski definition) is 15. The van der Waals surface area contributed by atoms with E-state index in [-0.39, 0.29) is 25.7 Å². The van der Waals surface area contributed by atoms with Gasteiger partial charge in [-0.25, -0.2) is 9.13 Å². The maximum Gasteiger partial charge on any atom is 0.472 e. The van der Waals surface area contributed by atoms with Crippen LogP contribution in [0.4, 0.5) is 0 Å². The van der Waals surface area contributed by atoms with Crippen molar-refractivity contribution in [2.75, 3.05) is 39.6 Å². The highest BCUT2D eigenvalue weighted by Gasteiger charge is 2.30. The summed E-state index contributed by atoms with van der Waals surface area (Å²) in [4.78, 5) is 72.2. The van der Waals surface area contributed by atoms with Gasteiger partial charge in [-0.3, -0.25) is 37.3 Å². The van der Waals surface area contributed by atoms with Gasteiger partial charge in [0.15, 0.2) is 12.2 Å². The maximum absolute atomic E-state index is 13.1. The Morgan fingerprint density at radius 3 is 0.763 bits per heavy atom. The van der Waals surface area contributed by atoms with Crippen molar-refractivity contribution in [3.8, 4) is 0 Å². The van der Waals surface area contributed by atoms with E-state index in [9.17, 15) is 43.2 Å². The van der Waals surface area contributed by atoms with Gasteiger partial charge in [-0.15, -0.1) is 0 Å². The highest BCUT2D eigenvalue weighted by molar-refractivity contribution is 7.47. The van der Waals surface area contributed by atoms with Crippen molar-refractivity contribution in [2.24, 2.45) is 5.92 Å². The van der Waals surface area contributed by atoms with E-state index in [1.165, 1.54) is 193 Å². The molecule has 3 N–H and O–H groups in total. The topological polar surface area (TPSA) is 237 Å². The third-order valence-electron chi connectivity index (χ3n) is 17.6. The predicted molar refractivity (Wildman–Crippen MR) is 377 cm³/mol. The number of aliphatic hydroxyl groups excluding tert-OH is 1. The predicted octanol–water partition coefficient (Wildman–Crippen LogP) is 21.7. The van der Waals surface area contributed by atoms with Crippen LogP contribution in [0.15, 0.2) is 0 Å². The Balaban J connectivity index is 5.06. The van der Waals surface area contributed by atoms with E-state index in [2.05, 4.69) is 34.6 Å². The lowest BCUT2D eigenvalue weighted by molar-refractivity contribution is -0.161. The van der Waals surface area contributed by atoms with Crippen molar-refractivity contribution in [2.45, 2.75) is 406 Å². The first-order valence-electron chi connectivity index (χ1n) is 38.7. The Kier molecular flexibility index (Phi) is 65.9. The van der Waals surface area contributed by atoms with Crippen LogP contribution in [-0.2, 0) is 65.4 Å². The van der Waals surface area contributed by atoms with Crippen LogP contribution in [0.1, 0.15) is 388 Å². The lowest BCUT2D eigenvalue weighted by Crippen LogP contribution is -2.30. The molecule has 0 aliphatic rings. The molecule has 0 aliphatic carbocycles. The molecule has 0 saturated heterocycles. The van der Waals surface area contributed by atoms with Crippen LogP contribution in [-0.4, -0.2) is 96.7 Å². The zero-order valence-corrected chi connectivity index (χ0v) is 62.2. The Bertz CT molecular complexity index is 1790. The first-order valence-corrected chi connectivity index (χ1v) is 41.7. The number of carbonyl (C=O) groups excluding carboxylic acids is 4. The number of hydrogen-bond donors (Lipinski definition) is 3. The molecule has 0 amide bonds. The summed E-state index contributed by atoms with van der Waals surface area (Å²) in [5.41, 5.74) is 0. The van der Waals surface area contributed by atoms with Crippen LogP contribution in [0.3, 0.4) is 0 Å². The summed E-state index contributed by atoms with van der Waals surface area (Å²) in [7, 11) is -9.89. The van der Waals surface area contributed by atoms with Crippen LogP contribution in [0.25, 0.3) is 0 Å². The largest absolute Gasteiger partial charge is 0.472 e. The van der Waals surface area contributed by atoms with Gasteiger partial charge in [-0.1, -0.05) is 336 Å². The van der Waals surface area contributed by atoms with Gasteiger partial charge in [-0.2, -0.15) is 0 Å². The fourth-order valence-electron chi connectivity index (χ4n) is 11.3. The molecule has 552 valence electrons. The minimum absolute atomic E-state index is 0.103. The van der Waals surface area contributed by atoms with Gasteiger partial charge >= 0.3 is 39.5 Å². The molecule has 0 fully saturated rings. The van der Waals surface area contributed by atoms with Gasteiger partial charge < -0.3 is 33.8 Å². The van der Waals surface area contributed by atoms with Crippen LogP contribution in [0.2, 0.25) is 0 Å². The van der Waals surface area contributed by atoms with E-state index in [0.717, 1.165) is 115 Å². The summed E-state index contributed by atoms with van der Waals surface area (Å²) in [5.74, 6) is -1.26. The summed E-state index contributed by atoms with van der Waals surface area (Å²) in [6.07, 6.45) is 56.3. The summed E-state index contributed by atoms with van der Waals surface area (Å²) >= 11 is 0. The summed E-state index contributed by atoms with van der Waals surface area (Å²) < 4.78 is 68.0. The number of ether oxygens (including phenoxy) is 4. The zero-order chi connectivity index (χ0) is 68.4. The lowest BCUT2D eigenvalue weighted by Gasteiger charge is -2.21. The quantitative estimate of drug-likeness (QED) is 0.0222. The van der Waals surface area contributed by atoms with Crippen LogP contribution < -0.4 is 0 Å². The summed E-state index contributed by atoms with van der Waals surface area (Å²) in [6, 6.07) is 0. The monoisotopic (exact) mass is 1370 g/mol. The van der Waals surface area contributed by atoms with Crippen molar-refractivity contribution in [1.29, 1.82) is 0 Å². The maximum atomic E-state index is 13.1. The van der Waals surface area contributed by atoms with Crippen molar-refractivity contribution in [1.82, 2.24) is 0 Å². The second-order valence-corrected chi connectivity index (χ2v) is 29.8. The van der Waals surface area contributed by atoms with Crippen molar-refractivity contribution in [3.05, 3.63) is 0 Å². The third-order valence-corrected chi connectivity index (χ3v) is 19.5. The number of esters is 4. The SMILES string of the molecule is CCCCCCCCCCCCCCCCCCCCCC(=O)OC[C@H](COP(=O)(O)OC[C@@H](O)COP(=O)(O)OC[C@@H](COC(=O)CCCCCCC)OC(=O)CCCCCCCCC)OC(=O)CCCCCCCCCCCCCCCCCCCCC(C)CC. The van der Waals surface area contributed by atoms with Crippen molar-refractivity contribution in [3.63, 3.8) is 0 Å². The fourth-order valence-corrected chi connectivity index (χ4v) is 12.9. The molecule has 0 heterocycles. The molecule has 0 bridgehead atoms. The number of unbranched alkanes of at least 4 members (excludes halogenated alkanes) is 45. The van der Waals surface area contributed by atoms with E-state index >= 15 is 0 Å². The first-order chi connectivity index (χ1) is 45.1. The molecule has 6 atom stereocenters. The molecule has 0 aromatic rings. The Labute approximate surface area is 568 Å². The van der Waals surface area contributed by atoms with Crippen molar-refractivity contribution < 1.29 is 80.2 Å². The molecule has 3 unspecified atom stereocenters. The Hall–Kier alpha value is -1.94. The molecule has 19 heteroatoms. The van der Waals surface area contributed by atoms with Crippen LogP contribution in [0.5, 0.6) is 0 Å². The first kappa shape index (κ1) is 91.1. The summed E-state index contributed by atoms with van der Waals surface area (Å²) in [5, 5.41) is 10.6. The number of carbonyl (C=O) groups is 4. The normalized spacial score (nSPS) is 14.3. The molecule has 17 nitrogen and oxygen atoms in total. The third kappa shape index (κ3) is 67.0. The minimum atomic E-state index is -4.95. The van der Waals surface area contributed by atoms with Gasteiger partial charge in [0.1, 0.15) is 19.3 Å². The lowest BCUT2D eigenvalue weighted by atomic mass is 9.99. The minimum Gasteiger partial charge on any atom is -0.462 e. The molecule has 0 spiro atoms. The average Bonchev–Trinajstić information content (AvgIpc) is 2.86. The van der Waals surface area contributed by atoms with Crippen LogP contribution >= 0.6 is 15.6 Å². The molecule has 93 heavy (non-hydrogen) atoms. The molecule has 0 aromatic carbocycles. The smallest absolute Gasteiger partial charge is 0.462 e. The Morgan fingerprint density at radius 1 is 0.301 bits per heavy atom. The number of rotatable bonds is 74. The van der Waals surface area contributed by atoms with Crippen molar-refractivity contribution >= 4 is 39.5 Å². The fraction of sp³-hybridized carbons (Fsp3) is 0.946. The van der Waals surface area contributed by atoms with Gasteiger partial charge in [0.05, 0.1) is 26.4 Å². The van der Waals surface area contributed by atoms with Gasteiger partial charge in [-0.05, 0) is 31.6 Å². The number of phosphoric acid groups is 2. The van der Waals surface area contributed by atoms with E-state index in [1.54, 1.807) is 0 Å². The number of aliphatic hydroxyl groups is 1. The van der Waals surface area contributed by atoms with Gasteiger partial charge in [0.25, 0.3) is 0 Å². The number of phosphoric ester groups is 2. The highest BCUT2D eigenvalue weighted by atomic mass is 31.2. The van der Waals surface area contributed by atoms with E-state index in [4.69, 9.17) is 37.0 Å². The molecule has 0 aromatic heterocycles. The van der Waals surface area contributed by atoms with Gasteiger partial charge in [0, 0.05) is 25.7 Å². The molecular weight excluding hydrogens is 1220 g/mol. The second-order valence-electron chi connectivity index (χ2n) is 26.9. The van der Waals surface area contributed by atoms with E-state index in [0.29, 0.717) is 25.7 Å². The standard InChI is InChI=1S/C74H144O17P2/c1-6-10-13-16-18-19-20-21-22-23-24-28-31-34-37-40-44-48-53-58-72(77)85-64-70(91-74(79)60-55-50-45-41-38-35-32-29-26-25-27-30-33-36-39-43-47-51-56-67(5)9-4)66-89-93(82,83)87-62-68(75)61-86-92(80,81)88-65-69(63-84-71(76)57-52-46-15-12-8-3)90-73(78)59-54-49-42-17-14-11-7-2/h67-70,75H,6-66H2,1-5H3,(H,80,81)(H,82,83)/t67?,68-,69+,70+/m0/s1. The molecule has 0 aliphatic heterocycles. The van der Waals surface area contributed by atoms with E-state index < -0.39 is 97.5 Å². The molecular formula is C74H144O17P2. The summed E-state index contributed by atoms with van der Waals surface area (Å²) in [6.45, 7) is 7.20. The second kappa shape index (κ2) is 67.3. The van der Waals surface area contributed by atoms with E-state index in [1.807, 2.05) is 0 Å². The zero-order valence-electron chi connectivity index (χ0n) is 60.4.